The molecule has 0 bridgehead atoms. The van der Waals surface area contributed by atoms with Gasteiger partial charge in [0.05, 0.1) is 17.1 Å². The van der Waals surface area contributed by atoms with Crippen LogP contribution in [-0.4, -0.2) is 23.0 Å². The second-order valence-electron chi connectivity index (χ2n) is 5.62. The number of carbonyl (C=O) groups excluding carboxylic acids is 2. The van der Waals surface area contributed by atoms with E-state index in [0.717, 1.165) is 5.39 Å². The van der Waals surface area contributed by atoms with Gasteiger partial charge < -0.3 is 10.1 Å². The lowest BCUT2D eigenvalue weighted by atomic mass is 10.2. The fraction of sp³-hybridized carbons (Fsp3) is 0.100. The van der Waals surface area contributed by atoms with Crippen LogP contribution in [0.2, 0.25) is 0 Å². The van der Waals surface area contributed by atoms with E-state index in [0.29, 0.717) is 16.8 Å². The Bertz CT molecular complexity index is 1020. The molecular formula is C20H15N3O3. The first-order valence-corrected chi connectivity index (χ1v) is 7.94. The highest BCUT2D eigenvalue weighted by molar-refractivity contribution is 5.97. The van der Waals surface area contributed by atoms with Crippen molar-refractivity contribution in [1.29, 1.82) is 5.26 Å². The maximum absolute atomic E-state index is 12.2. The lowest BCUT2D eigenvalue weighted by molar-refractivity contribution is -0.123. The topological polar surface area (TPSA) is 92.1 Å². The number of ether oxygens (including phenoxy) is 1. The zero-order valence-electron chi connectivity index (χ0n) is 14.0. The molecule has 1 aromatic heterocycles. The van der Waals surface area contributed by atoms with E-state index < -0.39 is 18.0 Å². The number of hydrogen-bond acceptors (Lipinski definition) is 5. The van der Waals surface area contributed by atoms with Crippen LogP contribution in [0, 0.1) is 11.3 Å². The molecule has 6 heteroatoms. The second-order valence-corrected chi connectivity index (χ2v) is 5.62. The third-order valence-electron chi connectivity index (χ3n) is 3.72. The van der Waals surface area contributed by atoms with Gasteiger partial charge in [0, 0.05) is 11.1 Å². The smallest absolute Gasteiger partial charge is 0.357 e. The van der Waals surface area contributed by atoms with Crippen LogP contribution in [0.25, 0.3) is 10.9 Å². The Hall–Kier alpha value is -3.72. The number of nitriles is 1. The van der Waals surface area contributed by atoms with E-state index in [1.807, 2.05) is 24.3 Å². The summed E-state index contributed by atoms with van der Waals surface area (Å²) in [5, 5.41) is 12.4. The van der Waals surface area contributed by atoms with Crippen molar-refractivity contribution < 1.29 is 14.3 Å². The molecule has 1 amide bonds. The van der Waals surface area contributed by atoms with Gasteiger partial charge in [-0.3, -0.25) is 4.79 Å². The Labute approximate surface area is 150 Å². The minimum Gasteiger partial charge on any atom is -0.448 e. The number of pyridine rings is 1. The number of aromatic nitrogens is 1. The van der Waals surface area contributed by atoms with Crippen LogP contribution in [-0.2, 0) is 9.53 Å². The number of esters is 1. The van der Waals surface area contributed by atoms with Gasteiger partial charge >= 0.3 is 5.97 Å². The zero-order valence-corrected chi connectivity index (χ0v) is 14.0. The zero-order chi connectivity index (χ0) is 18.5. The van der Waals surface area contributed by atoms with E-state index in [1.54, 1.807) is 36.4 Å². The molecule has 0 aliphatic carbocycles. The molecule has 3 aromatic rings. The van der Waals surface area contributed by atoms with Crippen molar-refractivity contribution in [2.75, 3.05) is 5.32 Å². The highest BCUT2D eigenvalue weighted by Crippen LogP contribution is 2.14. The molecule has 0 fully saturated rings. The quantitative estimate of drug-likeness (QED) is 0.733. The van der Waals surface area contributed by atoms with Gasteiger partial charge in [-0.25, -0.2) is 9.78 Å². The predicted molar refractivity (Wildman–Crippen MR) is 96.4 cm³/mol. The number of anilines is 1. The Morgan fingerprint density at radius 2 is 1.92 bits per heavy atom. The molecule has 0 radical (unpaired) electrons. The van der Waals surface area contributed by atoms with Crippen molar-refractivity contribution in [3.05, 3.63) is 71.9 Å². The van der Waals surface area contributed by atoms with E-state index in [-0.39, 0.29) is 5.69 Å². The number of hydrogen-bond donors (Lipinski definition) is 1. The first kappa shape index (κ1) is 17.1. The van der Waals surface area contributed by atoms with Gasteiger partial charge in [0.1, 0.15) is 5.69 Å². The lowest BCUT2D eigenvalue weighted by Gasteiger charge is -2.13. The number of nitrogens with zero attached hydrogens (tertiary/aromatic N) is 2. The fourth-order valence-electron chi connectivity index (χ4n) is 2.36. The summed E-state index contributed by atoms with van der Waals surface area (Å²) >= 11 is 0. The molecule has 0 aliphatic heterocycles. The minimum absolute atomic E-state index is 0.134. The molecule has 2 aromatic carbocycles. The van der Waals surface area contributed by atoms with Crippen molar-refractivity contribution in [2.24, 2.45) is 0 Å². The normalized spacial score (nSPS) is 11.4. The van der Waals surface area contributed by atoms with Gasteiger partial charge in [-0.2, -0.15) is 5.26 Å². The maximum Gasteiger partial charge on any atom is 0.357 e. The van der Waals surface area contributed by atoms with Crippen LogP contribution in [0.1, 0.15) is 23.0 Å². The third-order valence-corrected chi connectivity index (χ3v) is 3.72. The summed E-state index contributed by atoms with van der Waals surface area (Å²) in [7, 11) is 0. The Morgan fingerprint density at radius 1 is 1.12 bits per heavy atom. The van der Waals surface area contributed by atoms with Gasteiger partial charge in [0.2, 0.25) is 0 Å². The summed E-state index contributed by atoms with van der Waals surface area (Å²) in [5.74, 6) is -1.17. The minimum atomic E-state index is -1.01. The molecule has 1 atom stereocenters. The first-order chi connectivity index (χ1) is 12.6. The van der Waals surface area contributed by atoms with Gasteiger partial charge in [-0.1, -0.05) is 30.3 Å². The monoisotopic (exact) mass is 345 g/mol. The van der Waals surface area contributed by atoms with Crippen LogP contribution in [0.15, 0.2) is 60.7 Å². The van der Waals surface area contributed by atoms with Crippen molar-refractivity contribution in [1.82, 2.24) is 4.98 Å². The highest BCUT2D eigenvalue weighted by atomic mass is 16.5. The molecular weight excluding hydrogens is 330 g/mol. The molecule has 0 spiro atoms. The maximum atomic E-state index is 12.2. The number of amides is 1. The average Bonchev–Trinajstić information content (AvgIpc) is 2.67. The standard InChI is InChI=1S/C20H15N3O3/c1-13(19(24)22-16-7-4-5-14(11-16)12-21)26-20(25)18-10-9-15-6-2-3-8-17(15)23-18/h2-11,13H,1H3,(H,22,24)/t13-/m0/s1. The van der Waals surface area contributed by atoms with Crippen LogP contribution >= 0.6 is 0 Å². The molecule has 3 rings (SSSR count). The van der Waals surface area contributed by atoms with E-state index in [1.165, 1.54) is 13.0 Å². The van der Waals surface area contributed by atoms with Crippen LogP contribution in [0.3, 0.4) is 0 Å². The first-order valence-electron chi connectivity index (χ1n) is 7.94. The van der Waals surface area contributed by atoms with Crippen LogP contribution in [0.5, 0.6) is 0 Å². The molecule has 0 saturated carbocycles. The third kappa shape index (κ3) is 3.84. The fourth-order valence-corrected chi connectivity index (χ4v) is 2.36. The van der Waals surface area contributed by atoms with E-state index in [9.17, 15) is 9.59 Å². The molecule has 26 heavy (non-hydrogen) atoms. The van der Waals surface area contributed by atoms with Gasteiger partial charge in [0.15, 0.2) is 6.10 Å². The molecule has 6 nitrogen and oxygen atoms in total. The molecule has 1 N–H and O–H groups in total. The number of rotatable bonds is 4. The van der Waals surface area contributed by atoms with E-state index in [4.69, 9.17) is 10.00 Å². The summed E-state index contributed by atoms with van der Waals surface area (Å²) in [6.07, 6.45) is -1.01. The van der Waals surface area contributed by atoms with Crippen molar-refractivity contribution >= 4 is 28.5 Å². The number of para-hydroxylation sites is 1. The summed E-state index contributed by atoms with van der Waals surface area (Å²) in [4.78, 5) is 28.7. The second kappa shape index (κ2) is 7.45. The summed E-state index contributed by atoms with van der Waals surface area (Å²) < 4.78 is 5.20. The van der Waals surface area contributed by atoms with E-state index in [2.05, 4.69) is 10.3 Å². The summed E-state index contributed by atoms with van der Waals surface area (Å²) in [6, 6.07) is 19.2. The highest BCUT2D eigenvalue weighted by Gasteiger charge is 2.20. The van der Waals surface area contributed by atoms with Crippen molar-refractivity contribution in [2.45, 2.75) is 13.0 Å². The van der Waals surface area contributed by atoms with Crippen molar-refractivity contribution in [3.63, 3.8) is 0 Å². The van der Waals surface area contributed by atoms with Gasteiger partial charge in [0.25, 0.3) is 5.91 Å². The van der Waals surface area contributed by atoms with Gasteiger partial charge in [-0.05, 0) is 37.3 Å². The summed E-state index contributed by atoms with van der Waals surface area (Å²) in [5.41, 5.74) is 1.69. The molecule has 0 saturated heterocycles. The molecule has 0 unspecified atom stereocenters. The Balaban J connectivity index is 1.67. The molecule has 1 heterocycles. The number of carbonyl (C=O) groups is 2. The predicted octanol–water partition coefficient (Wildman–Crippen LogP) is 3.29. The number of benzene rings is 2. The van der Waals surface area contributed by atoms with E-state index >= 15 is 0 Å². The number of fused-ring (bicyclic) bond motifs is 1. The number of nitrogens with one attached hydrogen (secondary N) is 1. The van der Waals surface area contributed by atoms with Crippen molar-refractivity contribution in [3.8, 4) is 6.07 Å². The SMILES string of the molecule is C[C@H](OC(=O)c1ccc2ccccc2n1)C(=O)Nc1cccc(C#N)c1. The van der Waals surface area contributed by atoms with Gasteiger partial charge in [-0.15, -0.1) is 0 Å². The van der Waals surface area contributed by atoms with Crippen LogP contribution < -0.4 is 5.32 Å². The molecule has 128 valence electrons. The largest absolute Gasteiger partial charge is 0.448 e. The summed E-state index contributed by atoms with van der Waals surface area (Å²) in [6.45, 7) is 1.47. The average molecular weight is 345 g/mol. The Kier molecular flexibility index (Phi) is 4.90. The molecule has 0 aliphatic rings. The lowest BCUT2D eigenvalue weighted by Crippen LogP contribution is -2.30. The Morgan fingerprint density at radius 3 is 2.73 bits per heavy atom. The van der Waals surface area contributed by atoms with Crippen LogP contribution in [0.4, 0.5) is 5.69 Å².